The molecule has 0 spiro atoms. The molecule has 0 atom stereocenters. The van der Waals surface area contributed by atoms with Crippen molar-refractivity contribution in [2.24, 2.45) is 0 Å². The zero-order chi connectivity index (χ0) is 4.50. The summed E-state index contributed by atoms with van der Waals surface area (Å²) in [7, 11) is -4.61. The molecular weight excluding hydrogens is 103 g/mol. The van der Waals surface area contributed by atoms with Crippen molar-refractivity contribution in [2.45, 2.75) is 0 Å². The van der Waals surface area contributed by atoms with Crippen molar-refractivity contribution in [3.05, 3.63) is 0 Å². The molecule has 0 aromatic rings. The maximum absolute atomic E-state index is 7.33. The quantitative estimate of drug-likeness (QED) is 0.249. The second-order valence-corrected chi connectivity index (χ2v) is 1.80. The van der Waals surface area contributed by atoms with E-state index in [1.165, 1.54) is 0 Å². The molecule has 3 radical (unpaired) electrons. The van der Waals surface area contributed by atoms with Crippen LogP contribution in [0.4, 0.5) is 0 Å². The molecule has 35 valence electrons. The van der Waals surface area contributed by atoms with Gasteiger partial charge in [0.1, 0.15) is 0 Å². The number of rotatable bonds is 0. The maximum atomic E-state index is 7.33. The molecule has 0 saturated heterocycles. The predicted molar refractivity (Wildman–Crippen MR) is 20.4 cm³/mol. The molecule has 6 heteroatoms. The van der Waals surface area contributed by atoms with E-state index in [1.54, 1.807) is 0 Å². The smallest absolute Gasteiger partial charge is 0.368 e. The molecule has 0 aromatic heterocycles. The fourth-order valence-electron chi connectivity index (χ4n) is 0. The molecule has 0 rings (SSSR count). The molecule has 4 nitrogen and oxygen atoms in total. The van der Waals surface area contributed by atoms with Crippen LogP contribution in [0.5, 0.6) is 0 Å². The Hall–Kier alpha value is 0.122. The van der Waals surface area contributed by atoms with Crippen LogP contribution in [0.2, 0.25) is 0 Å². The molecular formula is H4BO4Si. The van der Waals surface area contributed by atoms with Gasteiger partial charge in [0.15, 0.2) is 0 Å². The molecule has 4 N–H and O–H groups in total. The lowest BCUT2D eigenvalue weighted by atomic mass is 10.8. The average molecular weight is 107 g/mol. The van der Waals surface area contributed by atoms with Gasteiger partial charge >= 0.3 is 9.05 Å². The number of hydrogen-bond donors (Lipinski definition) is 4. The minimum Gasteiger partial charge on any atom is -0.368 e. The van der Waals surface area contributed by atoms with Crippen LogP contribution in [0.1, 0.15) is 0 Å². The van der Waals surface area contributed by atoms with Crippen molar-refractivity contribution in [1.29, 1.82) is 0 Å². The van der Waals surface area contributed by atoms with Gasteiger partial charge in [0, 0.05) is 8.41 Å². The molecule has 0 fully saturated rings. The van der Waals surface area contributed by atoms with Crippen LogP contribution < -0.4 is 0 Å². The van der Waals surface area contributed by atoms with E-state index < -0.39 is 9.05 Å². The zero-order valence-electron chi connectivity index (χ0n) is 2.87. The van der Waals surface area contributed by atoms with Gasteiger partial charge in [-0.2, -0.15) is 0 Å². The van der Waals surface area contributed by atoms with E-state index in [9.17, 15) is 0 Å². The summed E-state index contributed by atoms with van der Waals surface area (Å²) in [6.45, 7) is 0. The molecule has 0 aliphatic rings. The second-order valence-electron chi connectivity index (χ2n) is 0.600. The summed E-state index contributed by atoms with van der Waals surface area (Å²) in [6.07, 6.45) is 0. The second kappa shape index (κ2) is 2.32. The minimum atomic E-state index is -4.61. The van der Waals surface area contributed by atoms with E-state index in [0.717, 1.165) is 0 Å². The highest BCUT2D eigenvalue weighted by Gasteiger charge is 2.22. The van der Waals surface area contributed by atoms with Crippen molar-refractivity contribution < 1.29 is 19.2 Å². The summed E-state index contributed by atoms with van der Waals surface area (Å²) in [6, 6.07) is 0. The van der Waals surface area contributed by atoms with Gasteiger partial charge in [-0.05, 0) is 0 Å². The van der Waals surface area contributed by atoms with Gasteiger partial charge in [0.05, 0.1) is 0 Å². The van der Waals surface area contributed by atoms with Crippen LogP contribution in [0, 0.1) is 0 Å². The molecule has 0 heterocycles. The highest BCUT2D eigenvalue weighted by Crippen LogP contribution is 1.67. The molecule has 0 saturated carbocycles. The lowest BCUT2D eigenvalue weighted by Gasteiger charge is -1.91. The van der Waals surface area contributed by atoms with E-state index >= 15 is 0 Å². The van der Waals surface area contributed by atoms with E-state index in [1.807, 2.05) is 0 Å². The Morgan fingerprint density at radius 1 is 0.833 bits per heavy atom. The normalized spacial score (nSPS) is 10.0. The SMILES string of the molecule is O[Si](O)(O)O.[B]. The molecule has 0 aliphatic carbocycles. The minimum absolute atomic E-state index is 0. The van der Waals surface area contributed by atoms with E-state index in [2.05, 4.69) is 0 Å². The van der Waals surface area contributed by atoms with Gasteiger partial charge in [0.2, 0.25) is 0 Å². The monoisotopic (exact) mass is 107 g/mol. The Kier molecular flexibility index (Phi) is 3.66. The van der Waals surface area contributed by atoms with Crippen LogP contribution >= 0.6 is 0 Å². The fraction of sp³-hybridized carbons (Fsp3) is 0. The first kappa shape index (κ1) is 9.45. The average Bonchev–Trinajstić information content (AvgIpc) is 0.722. The van der Waals surface area contributed by atoms with E-state index in [0.29, 0.717) is 0 Å². The fourth-order valence-corrected chi connectivity index (χ4v) is 0. The topological polar surface area (TPSA) is 80.9 Å². The Bertz CT molecular complexity index is 23.0. The highest BCUT2D eigenvalue weighted by molar-refractivity contribution is 6.46. The summed E-state index contributed by atoms with van der Waals surface area (Å²) in [5, 5.41) is 0. The molecule has 0 amide bonds. The van der Waals surface area contributed by atoms with Gasteiger partial charge in [-0.15, -0.1) is 0 Å². The Labute approximate surface area is 37.7 Å². The lowest BCUT2D eigenvalue weighted by molar-refractivity contribution is 0.117. The first-order valence-corrected chi connectivity index (χ1v) is 2.68. The zero-order valence-corrected chi connectivity index (χ0v) is 3.87. The van der Waals surface area contributed by atoms with Crippen LogP contribution in [0.15, 0.2) is 0 Å². The van der Waals surface area contributed by atoms with E-state index in [4.69, 9.17) is 19.2 Å². The van der Waals surface area contributed by atoms with Crippen molar-refractivity contribution in [2.75, 3.05) is 0 Å². The van der Waals surface area contributed by atoms with Crippen LogP contribution in [-0.2, 0) is 0 Å². The molecule has 0 unspecified atom stereocenters. The molecule has 0 bridgehead atoms. The van der Waals surface area contributed by atoms with Gasteiger partial charge in [0.25, 0.3) is 0 Å². The predicted octanol–water partition coefficient (Wildman–Crippen LogP) is -2.99. The van der Waals surface area contributed by atoms with Gasteiger partial charge < -0.3 is 19.2 Å². The third kappa shape index (κ3) is 2710. The maximum Gasteiger partial charge on any atom is 0.668 e. The third-order valence-corrected chi connectivity index (χ3v) is 0. The molecule has 0 aliphatic heterocycles. The largest absolute Gasteiger partial charge is 0.668 e. The van der Waals surface area contributed by atoms with Crippen LogP contribution in [0.3, 0.4) is 0 Å². The van der Waals surface area contributed by atoms with Crippen molar-refractivity contribution >= 4 is 17.5 Å². The molecule has 0 aromatic carbocycles. The Balaban J connectivity index is 0. The summed E-state index contributed by atoms with van der Waals surface area (Å²) in [4.78, 5) is 29.3. The highest BCUT2D eigenvalue weighted by atomic mass is 28.4. The lowest BCUT2D eigenvalue weighted by Crippen LogP contribution is -2.33. The summed E-state index contributed by atoms with van der Waals surface area (Å²) in [5.41, 5.74) is 0. The standard InChI is InChI=1S/B.H4O4Si/c;1-5(2,3)4/h;1-4H. The Morgan fingerprint density at radius 2 is 0.833 bits per heavy atom. The third-order valence-electron chi connectivity index (χ3n) is 0. The van der Waals surface area contributed by atoms with E-state index in [-0.39, 0.29) is 8.41 Å². The summed E-state index contributed by atoms with van der Waals surface area (Å²) in [5.74, 6) is 0. The van der Waals surface area contributed by atoms with Crippen molar-refractivity contribution in [1.82, 2.24) is 0 Å². The van der Waals surface area contributed by atoms with Gasteiger partial charge in [-0.1, -0.05) is 0 Å². The Morgan fingerprint density at radius 3 is 0.833 bits per heavy atom. The van der Waals surface area contributed by atoms with Crippen LogP contribution in [-0.4, -0.2) is 36.6 Å². The summed E-state index contributed by atoms with van der Waals surface area (Å²) < 4.78 is 0. The summed E-state index contributed by atoms with van der Waals surface area (Å²) >= 11 is 0. The van der Waals surface area contributed by atoms with Crippen molar-refractivity contribution in [3.63, 3.8) is 0 Å². The van der Waals surface area contributed by atoms with Gasteiger partial charge in [-0.3, -0.25) is 0 Å². The first-order chi connectivity index (χ1) is 2.00. The molecule has 6 heavy (non-hydrogen) atoms. The van der Waals surface area contributed by atoms with Crippen LogP contribution in [0.25, 0.3) is 0 Å². The first-order valence-electron chi connectivity index (χ1n) is 0.894. The number of hydrogen-bond acceptors (Lipinski definition) is 4. The van der Waals surface area contributed by atoms with Crippen molar-refractivity contribution in [3.8, 4) is 0 Å². The van der Waals surface area contributed by atoms with Gasteiger partial charge in [-0.25, -0.2) is 0 Å².